The third-order valence-electron chi connectivity index (χ3n) is 6.25. The van der Waals surface area contributed by atoms with E-state index in [0.29, 0.717) is 0 Å². The molecule has 0 radical (unpaired) electrons. The quantitative estimate of drug-likeness (QED) is 0.702. The van der Waals surface area contributed by atoms with Crippen LogP contribution in [0.25, 0.3) is 0 Å². The number of carbonyl (C=O) groups excluding carboxylic acids is 2. The van der Waals surface area contributed by atoms with Crippen LogP contribution in [0.1, 0.15) is 33.6 Å². The fourth-order valence-corrected chi connectivity index (χ4v) is 6.15. The second-order valence-electron chi connectivity index (χ2n) is 7.09. The molecule has 1 aromatic carbocycles. The third-order valence-corrected chi connectivity index (χ3v) is 8.14. The number of ketones is 1. The van der Waals surface area contributed by atoms with Crippen molar-refractivity contribution in [3.63, 3.8) is 0 Å². The molecule has 1 N–H and O–H groups in total. The average molecular weight is 429 g/mol. The molecule has 0 saturated heterocycles. The Bertz CT molecular complexity index is 672. The standard InChI is InChI=1S/C17H19Br2NO2/c1-15(2)16(3)8-9-17(15,12(19)13(16)21)14(22)20-11-7-5-4-6-10(11)18/h4-7,12H,8-9H2,1-3H3,(H,20,22)/t12-,16+,17-/m1/s1. The maximum Gasteiger partial charge on any atom is 0.232 e. The van der Waals surface area contributed by atoms with Crippen LogP contribution in [0.4, 0.5) is 5.69 Å². The normalized spacial score (nSPS) is 35.7. The van der Waals surface area contributed by atoms with Crippen molar-refractivity contribution in [2.45, 2.75) is 38.4 Å². The van der Waals surface area contributed by atoms with E-state index in [1.165, 1.54) is 0 Å². The molecule has 118 valence electrons. The van der Waals surface area contributed by atoms with E-state index in [1.54, 1.807) is 0 Å². The Morgan fingerprint density at radius 1 is 1.23 bits per heavy atom. The number of fused-ring (bicyclic) bond motifs is 2. The summed E-state index contributed by atoms with van der Waals surface area (Å²) in [5.74, 6) is 0.0897. The van der Waals surface area contributed by atoms with Crippen LogP contribution < -0.4 is 5.32 Å². The van der Waals surface area contributed by atoms with Gasteiger partial charge in [0.15, 0.2) is 5.78 Å². The second-order valence-corrected chi connectivity index (χ2v) is 8.86. The van der Waals surface area contributed by atoms with Crippen molar-refractivity contribution in [2.75, 3.05) is 5.32 Å². The molecule has 0 aromatic heterocycles. The van der Waals surface area contributed by atoms with Crippen LogP contribution in [-0.4, -0.2) is 16.5 Å². The van der Waals surface area contributed by atoms with Crippen molar-refractivity contribution in [3.8, 4) is 0 Å². The number of benzene rings is 1. The van der Waals surface area contributed by atoms with Crippen LogP contribution in [0, 0.1) is 16.2 Å². The van der Waals surface area contributed by atoms with Crippen molar-refractivity contribution in [2.24, 2.45) is 16.2 Å². The lowest BCUT2D eigenvalue weighted by Crippen LogP contribution is -2.48. The first kappa shape index (κ1) is 16.2. The Morgan fingerprint density at radius 2 is 1.86 bits per heavy atom. The Labute approximate surface area is 147 Å². The number of halogens is 2. The number of nitrogens with one attached hydrogen (secondary N) is 1. The summed E-state index contributed by atoms with van der Waals surface area (Å²) >= 11 is 7.00. The van der Waals surface area contributed by atoms with Crippen LogP contribution in [-0.2, 0) is 9.59 Å². The maximum atomic E-state index is 13.1. The minimum Gasteiger partial charge on any atom is -0.325 e. The van der Waals surface area contributed by atoms with Gasteiger partial charge in [0.25, 0.3) is 0 Å². The summed E-state index contributed by atoms with van der Waals surface area (Å²) in [6.45, 7) is 6.11. The lowest BCUT2D eigenvalue weighted by Gasteiger charge is -2.39. The van der Waals surface area contributed by atoms with E-state index in [2.05, 4.69) is 51.0 Å². The Morgan fingerprint density at radius 3 is 2.41 bits per heavy atom. The van der Waals surface area contributed by atoms with E-state index in [4.69, 9.17) is 0 Å². The van der Waals surface area contributed by atoms with Gasteiger partial charge in [-0.25, -0.2) is 0 Å². The number of para-hydroxylation sites is 1. The Kier molecular flexibility index (Phi) is 3.61. The van der Waals surface area contributed by atoms with Gasteiger partial charge in [0.05, 0.1) is 15.9 Å². The van der Waals surface area contributed by atoms with Crippen molar-refractivity contribution in [1.29, 1.82) is 0 Å². The molecule has 2 bridgehead atoms. The molecule has 2 aliphatic rings. The molecule has 2 saturated carbocycles. The number of hydrogen-bond donors (Lipinski definition) is 1. The fourth-order valence-electron chi connectivity index (χ4n) is 4.25. The molecule has 2 aliphatic carbocycles. The molecule has 0 unspecified atom stereocenters. The van der Waals surface area contributed by atoms with Gasteiger partial charge in [0.2, 0.25) is 5.91 Å². The molecule has 0 spiro atoms. The molecule has 0 heterocycles. The molecule has 2 fully saturated rings. The zero-order valence-corrected chi connectivity index (χ0v) is 16.0. The van der Waals surface area contributed by atoms with E-state index in [-0.39, 0.29) is 17.1 Å². The summed E-state index contributed by atoms with van der Waals surface area (Å²) < 4.78 is 0.841. The highest BCUT2D eigenvalue weighted by atomic mass is 79.9. The SMILES string of the molecule is CC1(C)[C@@]2(C)CC[C@]1(C(=O)Nc1ccccc1Br)[C@H](Br)C2=O. The number of alkyl halides is 1. The van der Waals surface area contributed by atoms with Gasteiger partial charge in [0.1, 0.15) is 0 Å². The average Bonchev–Trinajstić information content (AvgIpc) is 2.74. The smallest absolute Gasteiger partial charge is 0.232 e. The second kappa shape index (κ2) is 4.91. The van der Waals surface area contributed by atoms with E-state index < -0.39 is 15.7 Å². The fraction of sp³-hybridized carbons (Fsp3) is 0.529. The summed E-state index contributed by atoms with van der Waals surface area (Å²) in [6.07, 6.45) is 1.50. The van der Waals surface area contributed by atoms with Gasteiger partial charge in [-0.1, -0.05) is 48.8 Å². The molecule has 1 amide bonds. The highest BCUT2D eigenvalue weighted by Crippen LogP contribution is 2.72. The van der Waals surface area contributed by atoms with Gasteiger partial charge >= 0.3 is 0 Å². The van der Waals surface area contributed by atoms with E-state index in [0.717, 1.165) is 23.0 Å². The molecule has 3 atom stereocenters. The number of carbonyl (C=O) groups is 2. The van der Waals surface area contributed by atoms with Crippen molar-refractivity contribution in [3.05, 3.63) is 28.7 Å². The monoisotopic (exact) mass is 427 g/mol. The molecule has 5 heteroatoms. The highest BCUT2D eigenvalue weighted by Gasteiger charge is 2.76. The van der Waals surface area contributed by atoms with E-state index >= 15 is 0 Å². The van der Waals surface area contributed by atoms with E-state index in [1.807, 2.05) is 31.2 Å². The van der Waals surface area contributed by atoms with Crippen LogP contribution in [0.5, 0.6) is 0 Å². The lowest BCUT2D eigenvalue weighted by molar-refractivity contribution is -0.130. The van der Waals surface area contributed by atoms with Crippen LogP contribution in [0.3, 0.4) is 0 Å². The first-order valence-electron chi connectivity index (χ1n) is 7.43. The Hall–Kier alpha value is -0.680. The predicted octanol–water partition coefficient (Wildman–Crippen LogP) is 4.55. The van der Waals surface area contributed by atoms with Gasteiger partial charge in [0, 0.05) is 9.89 Å². The molecule has 1 aromatic rings. The number of Topliss-reactive ketones (excluding diaryl/α,β-unsaturated/α-hetero) is 1. The van der Waals surface area contributed by atoms with Crippen molar-refractivity contribution in [1.82, 2.24) is 0 Å². The number of anilines is 1. The molecule has 0 aliphatic heterocycles. The van der Waals surface area contributed by atoms with Gasteiger partial charge in [-0.15, -0.1) is 0 Å². The third kappa shape index (κ3) is 1.72. The summed E-state index contributed by atoms with van der Waals surface area (Å²) in [5, 5.41) is 3.03. The number of hydrogen-bond acceptors (Lipinski definition) is 2. The minimum absolute atomic E-state index is 0.0687. The van der Waals surface area contributed by atoms with Gasteiger partial charge in [-0.2, -0.15) is 0 Å². The molecular formula is C17H19Br2NO2. The zero-order valence-electron chi connectivity index (χ0n) is 12.9. The molecule has 22 heavy (non-hydrogen) atoms. The number of amides is 1. The van der Waals surface area contributed by atoms with Gasteiger partial charge < -0.3 is 5.32 Å². The van der Waals surface area contributed by atoms with Crippen LogP contribution in [0.15, 0.2) is 28.7 Å². The first-order valence-corrected chi connectivity index (χ1v) is 9.14. The van der Waals surface area contributed by atoms with Crippen molar-refractivity contribution >= 4 is 49.2 Å². The molecule has 3 rings (SSSR count). The number of rotatable bonds is 2. The predicted molar refractivity (Wildman–Crippen MR) is 94.0 cm³/mol. The largest absolute Gasteiger partial charge is 0.325 e. The molecular weight excluding hydrogens is 410 g/mol. The summed E-state index contributed by atoms with van der Waals surface area (Å²) in [4.78, 5) is 25.4. The van der Waals surface area contributed by atoms with Crippen LogP contribution in [0.2, 0.25) is 0 Å². The first-order chi connectivity index (χ1) is 10.2. The maximum absolute atomic E-state index is 13.1. The minimum atomic E-state index is -0.700. The summed E-state index contributed by atoms with van der Waals surface area (Å²) in [7, 11) is 0. The van der Waals surface area contributed by atoms with Gasteiger partial charge in [-0.3, -0.25) is 9.59 Å². The highest BCUT2D eigenvalue weighted by molar-refractivity contribution is 9.10. The topological polar surface area (TPSA) is 46.2 Å². The lowest BCUT2D eigenvalue weighted by atomic mass is 9.64. The zero-order chi connectivity index (χ0) is 16.3. The van der Waals surface area contributed by atoms with Crippen LogP contribution >= 0.6 is 31.9 Å². The Balaban J connectivity index is 2.02. The molecule has 3 nitrogen and oxygen atoms in total. The van der Waals surface area contributed by atoms with E-state index in [9.17, 15) is 9.59 Å². The summed E-state index contributed by atoms with van der Waals surface area (Å²) in [6, 6.07) is 7.54. The van der Waals surface area contributed by atoms with Crippen molar-refractivity contribution < 1.29 is 9.59 Å². The van der Waals surface area contributed by atoms with Gasteiger partial charge in [-0.05, 0) is 46.3 Å². The summed E-state index contributed by atoms with van der Waals surface area (Å²) in [5.41, 5.74) is -0.776.